The van der Waals surface area contributed by atoms with Crippen LogP contribution in [0.15, 0.2) is 33.6 Å². The van der Waals surface area contributed by atoms with Gasteiger partial charge < -0.3 is 5.32 Å². The lowest BCUT2D eigenvalue weighted by atomic mass is 10.4. The highest BCUT2D eigenvalue weighted by atomic mass is 79.9. The number of hydrogen-bond donors (Lipinski definition) is 2. The molecule has 2 N–H and O–H groups in total. The number of nitrogens with one attached hydrogen (secondary N) is 2. The molecule has 0 saturated heterocycles. The summed E-state index contributed by atoms with van der Waals surface area (Å²) in [5.74, 6) is 0. The minimum Gasteiger partial charge on any atom is -0.320 e. The first kappa shape index (κ1) is 13.6. The van der Waals surface area contributed by atoms with Crippen molar-refractivity contribution in [2.45, 2.75) is 11.3 Å². The number of sulfonamides is 1. The van der Waals surface area contributed by atoms with Gasteiger partial charge in [-0.3, -0.25) is 0 Å². The van der Waals surface area contributed by atoms with Crippen LogP contribution in [0.25, 0.3) is 0 Å². The van der Waals surface area contributed by atoms with Crippen molar-refractivity contribution < 1.29 is 8.42 Å². The molecule has 0 aliphatic rings. The van der Waals surface area contributed by atoms with E-state index in [4.69, 9.17) is 0 Å². The zero-order valence-electron chi connectivity index (χ0n) is 9.03. The predicted molar refractivity (Wildman–Crippen MR) is 67.9 cm³/mol. The molecule has 0 saturated carbocycles. The first-order valence-corrected chi connectivity index (χ1v) is 7.24. The quantitative estimate of drug-likeness (QED) is 0.780. The molecule has 0 amide bonds. The normalized spacial score (nSPS) is 11.6. The van der Waals surface area contributed by atoms with E-state index in [-0.39, 0.29) is 4.90 Å². The fourth-order valence-electron chi connectivity index (χ4n) is 1.19. The van der Waals surface area contributed by atoms with Crippen molar-refractivity contribution in [2.75, 3.05) is 20.1 Å². The minimum absolute atomic E-state index is 0.284. The molecule has 0 heterocycles. The van der Waals surface area contributed by atoms with Crippen LogP contribution in [0, 0.1) is 0 Å². The molecule has 0 radical (unpaired) electrons. The van der Waals surface area contributed by atoms with Crippen LogP contribution in [0.4, 0.5) is 0 Å². The molecule has 0 bridgehead atoms. The smallest absolute Gasteiger partial charge is 0.240 e. The van der Waals surface area contributed by atoms with E-state index in [2.05, 4.69) is 26.0 Å². The molecule has 0 unspecified atom stereocenters. The first-order chi connectivity index (χ1) is 7.56. The van der Waals surface area contributed by atoms with Crippen molar-refractivity contribution in [1.82, 2.24) is 10.0 Å². The molecule has 0 aliphatic carbocycles. The van der Waals surface area contributed by atoms with Crippen LogP contribution in [0.5, 0.6) is 0 Å². The summed E-state index contributed by atoms with van der Waals surface area (Å²) >= 11 is 3.25. The van der Waals surface area contributed by atoms with Crippen LogP contribution in [-0.4, -0.2) is 28.6 Å². The van der Waals surface area contributed by atoms with E-state index in [1.54, 1.807) is 24.3 Å². The van der Waals surface area contributed by atoms with E-state index in [1.165, 1.54) is 0 Å². The summed E-state index contributed by atoms with van der Waals surface area (Å²) in [4.78, 5) is 0.284. The molecule has 4 nitrogen and oxygen atoms in total. The highest BCUT2D eigenvalue weighted by Gasteiger charge is 2.12. The van der Waals surface area contributed by atoms with Gasteiger partial charge in [0.2, 0.25) is 10.0 Å². The van der Waals surface area contributed by atoms with Gasteiger partial charge in [-0.2, -0.15) is 0 Å². The summed E-state index contributed by atoms with van der Waals surface area (Å²) in [6.45, 7) is 1.23. The maximum Gasteiger partial charge on any atom is 0.240 e. The molecule has 90 valence electrons. The van der Waals surface area contributed by atoms with Gasteiger partial charge in [-0.1, -0.05) is 22.0 Å². The van der Waals surface area contributed by atoms with Gasteiger partial charge in [0.15, 0.2) is 0 Å². The van der Waals surface area contributed by atoms with Crippen LogP contribution in [0.2, 0.25) is 0 Å². The fourth-order valence-corrected chi connectivity index (χ4v) is 2.86. The Kier molecular flexibility index (Phi) is 5.40. The number of rotatable bonds is 6. The van der Waals surface area contributed by atoms with Crippen molar-refractivity contribution in [3.63, 3.8) is 0 Å². The molecule has 0 aliphatic heterocycles. The summed E-state index contributed by atoms with van der Waals surface area (Å²) in [7, 11) is -1.53. The molecule has 1 aromatic rings. The predicted octanol–water partition coefficient (Wildman–Crippen LogP) is 1.34. The largest absolute Gasteiger partial charge is 0.320 e. The maximum atomic E-state index is 11.8. The third-order valence-corrected chi connectivity index (χ3v) is 3.95. The van der Waals surface area contributed by atoms with Gasteiger partial charge in [-0.25, -0.2) is 13.1 Å². The van der Waals surface area contributed by atoms with Gasteiger partial charge in [0.25, 0.3) is 0 Å². The van der Waals surface area contributed by atoms with Crippen LogP contribution in [0.1, 0.15) is 6.42 Å². The Hall–Kier alpha value is -0.430. The van der Waals surface area contributed by atoms with Gasteiger partial charge in [0, 0.05) is 11.0 Å². The maximum absolute atomic E-state index is 11.8. The highest BCUT2D eigenvalue weighted by Crippen LogP contribution is 2.15. The lowest BCUT2D eigenvalue weighted by Gasteiger charge is -2.06. The third kappa shape index (κ3) is 4.21. The Morgan fingerprint density at radius 2 is 2.06 bits per heavy atom. The van der Waals surface area contributed by atoms with Gasteiger partial charge >= 0.3 is 0 Å². The fraction of sp³-hybridized carbons (Fsp3) is 0.400. The minimum atomic E-state index is -3.37. The third-order valence-electron chi connectivity index (χ3n) is 2.00. The van der Waals surface area contributed by atoms with Crippen molar-refractivity contribution in [2.24, 2.45) is 0 Å². The van der Waals surface area contributed by atoms with Crippen molar-refractivity contribution >= 4 is 26.0 Å². The van der Waals surface area contributed by atoms with Crippen LogP contribution >= 0.6 is 15.9 Å². The summed E-state index contributed by atoms with van der Waals surface area (Å²) in [6, 6.07) is 6.65. The zero-order chi connectivity index (χ0) is 12.0. The van der Waals surface area contributed by atoms with E-state index in [1.807, 2.05) is 7.05 Å². The molecule has 0 atom stereocenters. The monoisotopic (exact) mass is 306 g/mol. The van der Waals surface area contributed by atoms with Gasteiger partial charge in [0.1, 0.15) is 0 Å². The second kappa shape index (κ2) is 6.34. The van der Waals surface area contributed by atoms with Gasteiger partial charge in [-0.05, 0) is 38.2 Å². The standard InChI is InChI=1S/C10H15BrN2O2S/c1-12-6-3-7-13-16(14,15)10-5-2-4-9(11)8-10/h2,4-5,8,12-13H,3,6-7H2,1H3. The lowest BCUT2D eigenvalue weighted by Crippen LogP contribution is -2.26. The highest BCUT2D eigenvalue weighted by molar-refractivity contribution is 9.10. The number of benzene rings is 1. The topological polar surface area (TPSA) is 58.2 Å². The second-order valence-electron chi connectivity index (χ2n) is 3.31. The Morgan fingerprint density at radius 3 is 2.69 bits per heavy atom. The molecule has 1 aromatic carbocycles. The first-order valence-electron chi connectivity index (χ1n) is 4.96. The zero-order valence-corrected chi connectivity index (χ0v) is 11.4. The van der Waals surface area contributed by atoms with Crippen molar-refractivity contribution in [1.29, 1.82) is 0 Å². The molecular formula is C10H15BrN2O2S. The molecule has 6 heteroatoms. The number of hydrogen-bond acceptors (Lipinski definition) is 3. The Balaban J connectivity index is 2.64. The molecule has 1 rings (SSSR count). The Morgan fingerprint density at radius 1 is 1.31 bits per heavy atom. The van der Waals surface area contributed by atoms with E-state index in [0.717, 1.165) is 17.4 Å². The summed E-state index contributed by atoms with van der Waals surface area (Å²) in [5.41, 5.74) is 0. The van der Waals surface area contributed by atoms with E-state index in [0.29, 0.717) is 6.54 Å². The molecule has 0 aromatic heterocycles. The van der Waals surface area contributed by atoms with E-state index in [9.17, 15) is 8.42 Å². The summed E-state index contributed by atoms with van der Waals surface area (Å²) in [6.07, 6.45) is 0.768. The van der Waals surface area contributed by atoms with Crippen LogP contribution in [0.3, 0.4) is 0 Å². The summed E-state index contributed by atoms with van der Waals surface area (Å²) in [5, 5.41) is 2.96. The SMILES string of the molecule is CNCCCNS(=O)(=O)c1cccc(Br)c1. The Labute approximate surface area is 105 Å². The molecule has 16 heavy (non-hydrogen) atoms. The van der Waals surface area contributed by atoms with Crippen molar-refractivity contribution in [3.05, 3.63) is 28.7 Å². The lowest BCUT2D eigenvalue weighted by molar-refractivity contribution is 0.577. The van der Waals surface area contributed by atoms with Crippen molar-refractivity contribution in [3.8, 4) is 0 Å². The molecule has 0 fully saturated rings. The van der Waals surface area contributed by atoms with Crippen LogP contribution < -0.4 is 10.0 Å². The van der Waals surface area contributed by atoms with E-state index >= 15 is 0 Å². The Bertz CT molecular complexity index is 434. The second-order valence-corrected chi connectivity index (χ2v) is 5.99. The summed E-state index contributed by atoms with van der Waals surface area (Å²) < 4.78 is 26.9. The average molecular weight is 307 g/mol. The molecular weight excluding hydrogens is 292 g/mol. The van der Waals surface area contributed by atoms with Gasteiger partial charge in [0.05, 0.1) is 4.90 Å². The van der Waals surface area contributed by atoms with Crippen LogP contribution in [-0.2, 0) is 10.0 Å². The van der Waals surface area contributed by atoms with Gasteiger partial charge in [-0.15, -0.1) is 0 Å². The molecule has 0 spiro atoms. The average Bonchev–Trinajstić information content (AvgIpc) is 2.24. The van der Waals surface area contributed by atoms with E-state index < -0.39 is 10.0 Å². The number of halogens is 1.